The molecule has 0 saturated carbocycles. The average Bonchev–Trinajstić information content (AvgIpc) is 3.38. The molecule has 1 N–H and O–H groups in total. The summed E-state index contributed by atoms with van der Waals surface area (Å²) in [6.45, 7) is 5.97. The summed E-state index contributed by atoms with van der Waals surface area (Å²) < 4.78 is 5.63. The lowest BCUT2D eigenvalue weighted by molar-refractivity contribution is -0.123. The molecular weight excluding hydrogens is 362 g/mol. The van der Waals surface area contributed by atoms with Crippen molar-refractivity contribution >= 4 is 11.6 Å². The van der Waals surface area contributed by atoms with Gasteiger partial charge in [-0.05, 0) is 68.6 Å². The van der Waals surface area contributed by atoms with Crippen LogP contribution >= 0.6 is 0 Å². The van der Waals surface area contributed by atoms with Gasteiger partial charge in [-0.2, -0.15) is 0 Å². The first-order valence-electron chi connectivity index (χ1n) is 10.6. The van der Waals surface area contributed by atoms with Crippen LogP contribution in [0.4, 0.5) is 5.69 Å². The number of nitrogens with zero attached hydrogens (tertiary/aromatic N) is 2. The molecule has 2 aromatic rings. The van der Waals surface area contributed by atoms with Crippen LogP contribution in [-0.4, -0.2) is 50.6 Å². The number of anilines is 1. The summed E-state index contributed by atoms with van der Waals surface area (Å²) in [5.74, 6) is 0.653. The molecule has 2 aromatic carbocycles. The number of likely N-dealkylation sites (tertiary alicyclic amines) is 1. The molecule has 29 heavy (non-hydrogen) atoms. The molecule has 1 atom stereocenters. The van der Waals surface area contributed by atoms with E-state index in [0.29, 0.717) is 6.54 Å². The first kappa shape index (κ1) is 19.8. The van der Waals surface area contributed by atoms with Gasteiger partial charge in [0.05, 0.1) is 6.04 Å². The van der Waals surface area contributed by atoms with Crippen molar-refractivity contribution in [2.45, 2.75) is 32.2 Å². The topological polar surface area (TPSA) is 44.8 Å². The van der Waals surface area contributed by atoms with Gasteiger partial charge in [0.2, 0.25) is 0 Å². The van der Waals surface area contributed by atoms with Crippen LogP contribution in [0.25, 0.3) is 0 Å². The van der Waals surface area contributed by atoms with E-state index in [4.69, 9.17) is 4.74 Å². The maximum absolute atomic E-state index is 12.4. The predicted octanol–water partition coefficient (Wildman–Crippen LogP) is 3.32. The van der Waals surface area contributed by atoms with Crippen molar-refractivity contribution < 1.29 is 9.53 Å². The van der Waals surface area contributed by atoms with Crippen LogP contribution in [0, 0.1) is 6.92 Å². The van der Waals surface area contributed by atoms with Crippen LogP contribution in [-0.2, 0) is 11.2 Å². The summed E-state index contributed by atoms with van der Waals surface area (Å²) in [6, 6.07) is 14.8. The molecule has 1 amide bonds. The minimum atomic E-state index is -0.0735. The van der Waals surface area contributed by atoms with Gasteiger partial charge in [0.1, 0.15) is 5.75 Å². The highest BCUT2D eigenvalue weighted by Gasteiger charge is 2.26. The van der Waals surface area contributed by atoms with E-state index in [0.717, 1.165) is 31.8 Å². The van der Waals surface area contributed by atoms with Crippen molar-refractivity contribution in [2.24, 2.45) is 0 Å². The molecule has 2 aliphatic heterocycles. The number of ether oxygens (including phenoxy) is 1. The Balaban J connectivity index is 1.38. The van der Waals surface area contributed by atoms with E-state index in [1.807, 2.05) is 31.2 Å². The fourth-order valence-electron chi connectivity index (χ4n) is 4.35. The molecule has 0 spiro atoms. The van der Waals surface area contributed by atoms with Gasteiger partial charge in [0.15, 0.2) is 6.61 Å². The highest BCUT2D eigenvalue weighted by molar-refractivity contribution is 5.77. The zero-order chi connectivity index (χ0) is 20.2. The quantitative estimate of drug-likeness (QED) is 0.784. The molecule has 1 saturated heterocycles. The number of nitrogens with one attached hydrogen (secondary N) is 1. The van der Waals surface area contributed by atoms with Crippen molar-refractivity contribution in [3.8, 4) is 5.75 Å². The second-order valence-electron chi connectivity index (χ2n) is 8.22. The number of likely N-dealkylation sites (N-methyl/N-ethyl adjacent to an activating group) is 1. The molecule has 0 unspecified atom stereocenters. The molecule has 1 fully saturated rings. The molecule has 0 aliphatic carbocycles. The summed E-state index contributed by atoms with van der Waals surface area (Å²) in [5, 5.41) is 3.10. The van der Waals surface area contributed by atoms with E-state index in [-0.39, 0.29) is 18.6 Å². The number of amides is 1. The van der Waals surface area contributed by atoms with Gasteiger partial charge in [-0.1, -0.05) is 29.8 Å². The first-order valence-corrected chi connectivity index (χ1v) is 10.6. The van der Waals surface area contributed by atoms with Crippen LogP contribution in [0.1, 0.15) is 35.6 Å². The van der Waals surface area contributed by atoms with Crippen LogP contribution in [0.5, 0.6) is 5.75 Å². The zero-order valence-electron chi connectivity index (χ0n) is 17.5. The minimum Gasteiger partial charge on any atom is -0.484 e. The van der Waals surface area contributed by atoms with Gasteiger partial charge in [0, 0.05) is 25.8 Å². The number of carbonyl (C=O) groups is 1. The normalized spacial score (nSPS) is 17.2. The Morgan fingerprint density at radius 3 is 2.62 bits per heavy atom. The zero-order valence-corrected chi connectivity index (χ0v) is 17.5. The largest absolute Gasteiger partial charge is 0.484 e. The SMILES string of the molecule is Cc1ccc(OCC(=O)NC[C@@H](c2ccc3c(c2)CCN3C)N2CCCC2)cc1. The molecule has 5 heteroatoms. The molecular formula is C24H31N3O2. The van der Waals surface area contributed by atoms with Gasteiger partial charge in [0.25, 0.3) is 5.91 Å². The number of aryl methyl sites for hydroxylation is 1. The number of hydrogen-bond donors (Lipinski definition) is 1. The second-order valence-corrected chi connectivity index (χ2v) is 8.22. The van der Waals surface area contributed by atoms with E-state index >= 15 is 0 Å². The second kappa shape index (κ2) is 8.87. The highest BCUT2D eigenvalue weighted by atomic mass is 16.5. The third-order valence-corrected chi connectivity index (χ3v) is 6.08. The third-order valence-electron chi connectivity index (χ3n) is 6.08. The molecule has 2 aliphatic rings. The van der Waals surface area contributed by atoms with E-state index in [2.05, 4.69) is 40.4 Å². The maximum atomic E-state index is 12.4. The van der Waals surface area contributed by atoms with Gasteiger partial charge in [-0.3, -0.25) is 9.69 Å². The van der Waals surface area contributed by atoms with E-state index < -0.39 is 0 Å². The van der Waals surface area contributed by atoms with Crippen molar-refractivity contribution in [2.75, 3.05) is 44.7 Å². The number of rotatable bonds is 7. The Labute approximate surface area is 173 Å². The van der Waals surface area contributed by atoms with Crippen molar-refractivity contribution in [1.82, 2.24) is 10.2 Å². The predicted molar refractivity (Wildman–Crippen MR) is 117 cm³/mol. The van der Waals surface area contributed by atoms with Crippen LogP contribution in [0.3, 0.4) is 0 Å². The lowest BCUT2D eigenvalue weighted by Gasteiger charge is -2.29. The molecule has 0 radical (unpaired) electrons. The fraction of sp³-hybridized carbons (Fsp3) is 0.458. The molecule has 2 heterocycles. The summed E-state index contributed by atoms with van der Waals surface area (Å²) >= 11 is 0. The van der Waals surface area contributed by atoms with Crippen LogP contribution < -0.4 is 15.0 Å². The number of fused-ring (bicyclic) bond motifs is 1. The Hall–Kier alpha value is -2.53. The fourth-order valence-corrected chi connectivity index (χ4v) is 4.35. The number of hydrogen-bond acceptors (Lipinski definition) is 4. The van der Waals surface area contributed by atoms with E-state index in [1.54, 1.807) is 0 Å². The lowest BCUT2D eigenvalue weighted by Crippen LogP contribution is -2.38. The van der Waals surface area contributed by atoms with Crippen LogP contribution in [0.2, 0.25) is 0 Å². The Morgan fingerprint density at radius 1 is 1.10 bits per heavy atom. The summed E-state index contributed by atoms with van der Waals surface area (Å²) in [7, 11) is 2.15. The number of carbonyl (C=O) groups excluding carboxylic acids is 1. The first-order chi connectivity index (χ1) is 14.1. The summed E-state index contributed by atoms with van der Waals surface area (Å²) in [6.07, 6.45) is 3.56. The minimum absolute atomic E-state index is 0.0464. The van der Waals surface area contributed by atoms with Gasteiger partial charge in [-0.25, -0.2) is 0 Å². The van der Waals surface area contributed by atoms with Gasteiger partial charge >= 0.3 is 0 Å². The lowest BCUT2D eigenvalue weighted by atomic mass is 10.0. The summed E-state index contributed by atoms with van der Waals surface area (Å²) in [5.41, 5.74) is 5.24. The Kier molecular flexibility index (Phi) is 6.05. The summed E-state index contributed by atoms with van der Waals surface area (Å²) in [4.78, 5) is 17.2. The third kappa shape index (κ3) is 4.73. The monoisotopic (exact) mass is 393 g/mol. The van der Waals surface area contributed by atoms with Gasteiger partial charge < -0.3 is 15.0 Å². The van der Waals surface area contributed by atoms with E-state index in [9.17, 15) is 4.79 Å². The maximum Gasteiger partial charge on any atom is 0.258 e. The van der Waals surface area contributed by atoms with Crippen molar-refractivity contribution in [3.05, 3.63) is 59.2 Å². The standard InChI is InChI=1S/C24H31N3O2/c1-18-5-8-21(9-6-18)29-17-24(28)25-16-23(27-12-3-4-13-27)19-7-10-22-20(15-19)11-14-26(22)2/h5-10,15,23H,3-4,11-14,16-17H2,1-2H3,(H,25,28)/t23-/m0/s1. The molecule has 154 valence electrons. The van der Waals surface area contributed by atoms with Crippen LogP contribution in [0.15, 0.2) is 42.5 Å². The molecule has 0 aromatic heterocycles. The molecule has 5 nitrogen and oxygen atoms in total. The average molecular weight is 394 g/mol. The Morgan fingerprint density at radius 2 is 1.86 bits per heavy atom. The Bertz CT molecular complexity index is 844. The highest BCUT2D eigenvalue weighted by Crippen LogP contribution is 2.32. The smallest absolute Gasteiger partial charge is 0.258 e. The molecule has 0 bridgehead atoms. The van der Waals surface area contributed by atoms with Gasteiger partial charge in [-0.15, -0.1) is 0 Å². The van der Waals surface area contributed by atoms with Crippen molar-refractivity contribution in [3.63, 3.8) is 0 Å². The van der Waals surface area contributed by atoms with Crippen molar-refractivity contribution in [1.29, 1.82) is 0 Å². The van der Waals surface area contributed by atoms with E-state index in [1.165, 1.54) is 35.2 Å². The number of benzene rings is 2. The molecule has 4 rings (SSSR count).